The Labute approximate surface area is 198 Å². The van der Waals surface area contributed by atoms with E-state index in [0.717, 1.165) is 11.3 Å². The smallest absolute Gasteiger partial charge is 0.401 e. The minimum absolute atomic E-state index is 0.0441. The van der Waals surface area contributed by atoms with Crippen LogP contribution in [0, 0.1) is 0 Å². The van der Waals surface area contributed by atoms with Crippen molar-refractivity contribution in [3.63, 3.8) is 0 Å². The molecule has 9 nitrogen and oxygen atoms in total. The summed E-state index contributed by atoms with van der Waals surface area (Å²) < 4.78 is 46.1. The zero-order chi connectivity index (χ0) is 24.5. The number of hydrogen-bond donors (Lipinski definition) is 3. The SMILES string of the molecule is C[C@]1(CO)Cc2cc(NC(O)c3cnn4cccnc34)c(N3CC4C3CN4CC(F)(F)F)cc2O1. The first kappa shape index (κ1) is 22.4. The zero-order valence-electron chi connectivity index (χ0n) is 18.9. The van der Waals surface area contributed by atoms with E-state index in [9.17, 15) is 23.4 Å². The molecule has 2 fully saturated rings. The third-order valence-electron chi connectivity index (χ3n) is 7.14. The normalized spacial score (nSPS) is 26.5. The maximum atomic E-state index is 12.8. The number of fused-ring (bicyclic) bond motifs is 3. The molecule has 0 spiro atoms. The van der Waals surface area contributed by atoms with Gasteiger partial charge in [-0.15, -0.1) is 0 Å². The van der Waals surface area contributed by atoms with Crippen molar-refractivity contribution in [2.24, 2.45) is 0 Å². The largest absolute Gasteiger partial charge is 0.484 e. The Morgan fingerprint density at radius 2 is 2.11 bits per heavy atom. The number of piperazine rings is 1. The lowest BCUT2D eigenvalue weighted by atomic mass is 9.84. The van der Waals surface area contributed by atoms with E-state index in [1.54, 1.807) is 29.2 Å². The van der Waals surface area contributed by atoms with Gasteiger partial charge in [-0.2, -0.15) is 18.3 Å². The Kier molecular flexibility index (Phi) is 4.93. The monoisotopic (exact) mass is 490 g/mol. The lowest BCUT2D eigenvalue weighted by Crippen LogP contribution is -2.79. The Morgan fingerprint density at radius 1 is 1.29 bits per heavy atom. The number of likely N-dealkylation sites (tertiary alicyclic amines) is 1. The highest BCUT2D eigenvalue weighted by Gasteiger charge is 2.54. The molecule has 0 aliphatic carbocycles. The second kappa shape index (κ2) is 7.70. The quantitative estimate of drug-likeness (QED) is 0.451. The molecule has 0 radical (unpaired) electrons. The van der Waals surface area contributed by atoms with Crippen LogP contribution in [0.25, 0.3) is 5.65 Å². The first-order valence-electron chi connectivity index (χ1n) is 11.4. The summed E-state index contributed by atoms with van der Waals surface area (Å²) in [4.78, 5) is 7.78. The van der Waals surface area contributed by atoms with Gasteiger partial charge in [-0.05, 0) is 19.1 Å². The van der Waals surface area contributed by atoms with Crippen LogP contribution in [0.4, 0.5) is 24.5 Å². The molecule has 35 heavy (non-hydrogen) atoms. The maximum Gasteiger partial charge on any atom is 0.401 e. The van der Waals surface area contributed by atoms with Gasteiger partial charge in [0.15, 0.2) is 11.9 Å². The highest BCUT2D eigenvalue weighted by molar-refractivity contribution is 5.77. The van der Waals surface area contributed by atoms with E-state index in [-0.39, 0.29) is 18.7 Å². The van der Waals surface area contributed by atoms with E-state index in [1.165, 1.54) is 4.90 Å². The van der Waals surface area contributed by atoms with Gasteiger partial charge in [-0.3, -0.25) is 4.90 Å². The minimum Gasteiger partial charge on any atom is -0.484 e. The van der Waals surface area contributed by atoms with E-state index in [2.05, 4.69) is 15.4 Å². The van der Waals surface area contributed by atoms with E-state index < -0.39 is 24.6 Å². The van der Waals surface area contributed by atoms with Crippen LogP contribution in [-0.4, -0.2) is 79.8 Å². The van der Waals surface area contributed by atoms with Crippen molar-refractivity contribution in [2.75, 3.05) is 36.5 Å². The number of aromatic nitrogens is 3. The molecule has 3 aromatic rings. The molecular formula is C23H25F3N6O3. The van der Waals surface area contributed by atoms with Crippen molar-refractivity contribution < 1.29 is 28.1 Å². The minimum atomic E-state index is -4.22. The van der Waals surface area contributed by atoms with Crippen LogP contribution in [0.1, 0.15) is 24.3 Å². The van der Waals surface area contributed by atoms with E-state index in [1.807, 2.05) is 24.0 Å². The molecule has 186 valence electrons. The van der Waals surface area contributed by atoms with Gasteiger partial charge in [-0.25, -0.2) is 9.50 Å². The molecule has 1 aromatic carbocycles. The Morgan fingerprint density at radius 3 is 2.83 bits per heavy atom. The van der Waals surface area contributed by atoms with Gasteiger partial charge in [0.1, 0.15) is 11.4 Å². The van der Waals surface area contributed by atoms with Crippen LogP contribution < -0.4 is 15.0 Å². The number of benzene rings is 1. The number of rotatable bonds is 6. The molecular weight excluding hydrogens is 465 g/mol. The number of nitrogens with one attached hydrogen (secondary N) is 1. The van der Waals surface area contributed by atoms with Crippen molar-refractivity contribution in [3.8, 4) is 5.75 Å². The van der Waals surface area contributed by atoms with Crippen molar-refractivity contribution in [2.45, 2.75) is 43.4 Å². The fraction of sp³-hybridized carbons (Fsp3) is 0.478. The molecule has 0 saturated carbocycles. The Bertz CT molecular complexity index is 1280. The van der Waals surface area contributed by atoms with Gasteiger partial charge in [0, 0.05) is 49.6 Å². The maximum absolute atomic E-state index is 12.8. The molecule has 6 rings (SSSR count). The molecule has 12 heteroatoms. The predicted octanol–water partition coefficient (Wildman–Crippen LogP) is 1.95. The summed E-state index contributed by atoms with van der Waals surface area (Å²) in [6.07, 6.45) is 0.0417. The van der Waals surface area contributed by atoms with Crippen molar-refractivity contribution in [3.05, 3.63) is 47.9 Å². The van der Waals surface area contributed by atoms with Gasteiger partial charge in [-0.1, -0.05) is 0 Å². The van der Waals surface area contributed by atoms with E-state index in [0.29, 0.717) is 42.2 Å². The number of halogens is 3. The third-order valence-corrected chi connectivity index (χ3v) is 7.14. The predicted molar refractivity (Wildman–Crippen MR) is 120 cm³/mol. The van der Waals surface area contributed by atoms with Gasteiger partial charge in [0.2, 0.25) is 0 Å². The average Bonchev–Trinajstić information content (AvgIpc) is 3.36. The Hall–Kier alpha value is -3.09. The summed E-state index contributed by atoms with van der Waals surface area (Å²) in [6.45, 7) is 1.52. The molecule has 3 aliphatic heterocycles. The first-order valence-corrected chi connectivity index (χ1v) is 11.4. The first-order chi connectivity index (χ1) is 16.6. The van der Waals surface area contributed by atoms with E-state index >= 15 is 0 Å². The third kappa shape index (κ3) is 3.76. The van der Waals surface area contributed by atoms with Crippen LogP contribution in [-0.2, 0) is 6.42 Å². The van der Waals surface area contributed by atoms with Gasteiger partial charge < -0.3 is 25.2 Å². The summed E-state index contributed by atoms with van der Waals surface area (Å²) in [7, 11) is 0. The Balaban J connectivity index is 1.29. The number of nitrogens with zero attached hydrogens (tertiary/aromatic N) is 5. The summed E-state index contributed by atoms with van der Waals surface area (Å²) in [5, 5.41) is 28.2. The summed E-state index contributed by atoms with van der Waals surface area (Å²) in [6, 6.07) is 5.27. The molecule has 2 saturated heterocycles. The number of aliphatic hydroxyl groups excluding tert-OH is 2. The van der Waals surface area contributed by atoms with Crippen LogP contribution in [0.2, 0.25) is 0 Å². The van der Waals surface area contributed by atoms with Crippen molar-refractivity contribution in [1.29, 1.82) is 0 Å². The molecule has 5 heterocycles. The molecule has 3 unspecified atom stereocenters. The summed E-state index contributed by atoms with van der Waals surface area (Å²) >= 11 is 0. The lowest BCUT2D eigenvalue weighted by Gasteiger charge is -2.63. The fourth-order valence-electron chi connectivity index (χ4n) is 5.29. The second-order valence-electron chi connectivity index (χ2n) is 9.73. The van der Waals surface area contributed by atoms with Crippen LogP contribution in [0.15, 0.2) is 36.8 Å². The molecule has 3 aliphatic rings. The molecule has 0 bridgehead atoms. The summed E-state index contributed by atoms with van der Waals surface area (Å²) in [5.74, 6) is 0.629. The molecule has 0 amide bonds. The van der Waals surface area contributed by atoms with Crippen LogP contribution in [0.3, 0.4) is 0 Å². The van der Waals surface area contributed by atoms with E-state index in [4.69, 9.17) is 4.74 Å². The zero-order valence-corrected chi connectivity index (χ0v) is 18.9. The average molecular weight is 490 g/mol. The van der Waals surface area contributed by atoms with Gasteiger partial charge in [0.25, 0.3) is 0 Å². The summed E-state index contributed by atoms with van der Waals surface area (Å²) in [5.41, 5.74) is 2.50. The fourth-order valence-corrected chi connectivity index (χ4v) is 5.29. The molecule has 2 aromatic heterocycles. The number of alkyl halides is 3. The number of anilines is 2. The van der Waals surface area contributed by atoms with Gasteiger partial charge >= 0.3 is 6.18 Å². The van der Waals surface area contributed by atoms with Gasteiger partial charge in [0.05, 0.1) is 42.3 Å². The second-order valence-corrected chi connectivity index (χ2v) is 9.73. The standard InChI is InChI=1S/C23H25F3N6O3/c1-22(12-33)7-13-5-15(29-21(34)14-8-28-32-4-2-3-27-20(14)32)16(6-19(13)35-22)31-10-17-18(31)9-30(17)11-23(24,25)26/h2-6,8,17-18,21,29,33-34H,7,9-12H2,1H3/t17?,18?,21?,22-/m1/s1. The molecule has 4 atom stereocenters. The van der Waals surface area contributed by atoms with Crippen molar-refractivity contribution >= 4 is 17.0 Å². The van der Waals surface area contributed by atoms with Crippen LogP contribution >= 0.6 is 0 Å². The number of ether oxygens (including phenoxy) is 1. The van der Waals surface area contributed by atoms with Crippen LogP contribution in [0.5, 0.6) is 5.75 Å². The topological polar surface area (TPSA) is 98.4 Å². The number of hydrogen-bond acceptors (Lipinski definition) is 8. The highest BCUT2D eigenvalue weighted by Crippen LogP contribution is 2.47. The molecule has 3 N–H and O–H groups in total. The highest BCUT2D eigenvalue weighted by atomic mass is 19.4. The van der Waals surface area contributed by atoms with Crippen molar-refractivity contribution in [1.82, 2.24) is 19.5 Å². The lowest BCUT2D eigenvalue weighted by molar-refractivity contribution is -0.170. The number of aliphatic hydroxyl groups is 2.